The molecule has 5 nitrogen and oxygen atoms in total. The summed E-state index contributed by atoms with van der Waals surface area (Å²) in [7, 11) is 0. The molecule has 23 heavy (non-hydrogen) atoms. The topological polar surface area (TPSA) is 78.4 Å². The predicted octanol–water partition coefficient (Wildman–Crippen LogP) is 3.36. The van der Waals surface area contributed by atoms with Crippen molar-refractivity contribution in [2.75, 3.05) is 5.75 Å². The number of phenolic OH excluding ortho intramolecular Hbond substituents is 1. The van der Waals surface area contributed by atoms with Gasteiger partial charge in [-0.15, -0.1) is 11.8 Å². The Morgan fingerprint density at radius 2 is 1.83 bits per heavy atom. The van der Waals surface area contributed by atoms with Crippen molar-refractivity contribution in [3.05, 3.63) is 57.5 Å². The lowest BCUT2D eigenvalue weighted by atomic mass is 10.2. The van der Waals surface area contributed by atoms with Crippen LogP contribution in [0, 0.1) is 0 Å². The summed E-state index contributed by atoms with van der Waals surface area (Å²) >= 11 is 10.3. The van der Waals surface area contributed by atoms with Gasteiger partial charge in [0.25, 0.3) is 5.91 Å². The van der Waals surface area contributed by atoms with Gasteiger partial charge in [0.15, 0.2) is 0 Å². The molecule has 0 fully saturated rings. The zero-order chi connectivity index (χ0) is 16.8. The van der Waals surface area contributed by atoms with Gasteiger partial charge in [-0.05, 0) is 42.5 Å². The number of thioether (sulfide) groups is 1. The molecule has 0 spiro atoms. The van der Waals surface area contributed by atoms with Crippen LogP contribution in [0.2, 0.25) is 5.02 Å². The van der Waals surface area contributed by atoms with Gasteiger partial charge < -0.3 is 5.11 Å². The molecule has 2 amide bonds. The first-order valence-corrected chi connectivity index (χ1v) is 8.57. The molecule has 0 aliphatic carbocycles. The number of amides is 2. The summed E-state index contributed by atoms with van der Waals surface area (Å²) < 4.78 is 0.648. The van der Waals surface area contributed by atoms with E-state index in [4.69, 9.17) is 11.6 Å². The normalized spacial score (nSPS) is 10.2. The second kappa shape index (κ2) is 8.24. The van der Waals surface area contributed by atoms with Crippen molar-refractivity contribution >= 4 is 51.1 Å². The lowest BCUT2D eigenvalue weighted by molar-refractivity contribution is -0.119. The summed E-state index contributed by atoms with van der Waals surface area (Å²) in [6, 6.07) is 11.5. The largest absolute Gasteiger partial charge is 0.507 e. The van der Waals surface area contributed by atoms with Crippen molar-refractivity contribution < 1.29 is 14.7 Å². The number of hydrazine groups is 1. The lowest BCUT2D eigenvalue weighted by Crippen LogP contribution is -2.42. The van der Waals surface area contributed by atoms with Gasteiger partial charge in [-0.1, -0.05) is 27.5 Å². The molecule has 2 aromatic carbocycles. The van der Waals surface area contributed by atoms with E-state index >= 15 is 0 Å². The molecule has 0 bridgehead atoms. The van der Waals surface area contributed by atoms with Crippen LogP contribution >= 0.6 is 39.3 Å². The van der Waals surface area contributed by atoms with Crippen molar-refractivity contribution in [1.29, 1.82) is 0 Å². The molecule has 0 radical (unpaired) electrons. The maximum absolute atomic E-state index is 11.9. The van der Waals surface area contributed by atoms with Gasteiger partial charge in [0.05, 0.1) is 11.3 Å². The Morgan fingerprint density at radius 3 is 2.48 bits per heavy atom. The summed E-state index contributed by atoms with van der Waals surface area (Å²) in [5.41, 5.74) is 4.62. The smallest absolute Gasteiger partial charge is 0.273 e. The fourth-order valence-corrected chi connectivity index (χ4v) is 2.78. The van der Waals surface area contributed by atoms with Crippen LogP contribution in [0.25, 0.3) is 0 Å². The molecule has 120 valence electrons. The number of carbonyl (C=O) groups is 2. The lowest BCUT2D eigenvalue weighted by Gasteiger charge is -2.08. The predicted molar refractivity (Wildman–Crippen MR) is 93.6 cm³/mol. The van der Waals surface area contributed by atoms with Gasteiger partial charge in [0, 0.05) is 14.4 Å². The molecule has 0 aliphatic heterocycles. The molecule has 2 rings (SSSR count). The molecule has 0 aliphatic rings. The zero-order valence-electron chi connectivity index (χ0n) is 11.7. The molecule has 3 N–H and O–H groups in total. The van der Waals surface area contributed by atoms with E-state index in [1.807, 2.05) is 0 Å². The van der Waals surface area contributed by atoms with E-state index in [9.17, 15) is 14.7 Å². The van der Waals surface area contributed by atoms with Crippen LogP contribution < -0.4 is 10.9 Å². The average molecular weight is 416 g/mol. The quantitative estimate of drug-likeness (QED) is 0.528. The van der Waals surface area contributed by atoms with E-state index in [2.05, 4.69) is 26.8 Å². The van der Waals surface area contributed by atoms with E-state index in [-0.39, 0.29) is 23.0 Å². The Bertz CT molecular complexity index is 725. The van der Waals surface area contributed by atoms with E-state index in [0.717, 1.165) is 4.90 Å². The van der Waals surface area contributed by atoms with Crippen LogP contribution in [-0.2, 0) is 4.79 Å². The summed E-state index contributed by atoms with van der Waals surface area (Å²) in [4.78, 5) is 24.5. The van der Waals surface area contributed by atoms with E-state index < -0.39 is 5.91 Å². The molecule has 0 heterocycles. The number of phenols is 1. The number of nitrogens with one attached hydrogen (secondary N) is 2. The van der Waals surface area contributed by atoms with Crippen molar-refractivity contribution in [2.24, 2.45) is 0 Å². The van der Waals surface area contributed by atoms with Crippen molar-refractivity contribution in [1.82, 2.24) is 10.9 Å². The summed E-state index contributed by atoms with van der Waals surface area (Å²) in [5.74, 6) is -1.01. The minimum Gasteiger partial charge on any atom is -0.507 e. The molecule has 0 aromatic heterocycles. The highest BCUT2D eigenvalue weighted by molar-refractivity contribution is 9.10. The second-order valence-electron chi connectivity index (χ2n) is 4.41. The number of halogens is 2. The summed E-state index contributed by atoms with van der Waals surface area (Å²) in [6.07, 6.45) is 0. The highest BCUT2D eigenvalue weighted by atomic mass is 79.9. The molecular weight excluding hydrogens is 404 g/mol. The van der Waals surface area contributed by atoms with Crippen LogP contribution in [-0.4, -0.2) is 22.7 Å². The SMILES string of the molecule is O=C(CSc1ccc(Cl)cc1)NNC(=O)c1ccc(Br)cc1O. The fourth-order valence-electron chi connectivity index (χ4n) is 1.61. The highest BCUT2D eigenvalue weighted by Crippen LogP contribution is 2.22. The monoisotopic (exact) mass is 414 g/mol. The molecule has 0 unspecified atom stereocenters. The maximum atomic E-state index is 11.9. The van der Waals surface area contributed by atoms with E-state index in [1.54, 1.807) is 30.3 Å². The summed E-state index contributed by atoms with van der Waals surface area (Å²) in [5, 5.41) is 10.3. The number of hydrogen-bond acceptors (Lipinski definition) is 4. The Kier molecular flexibility index (Phi) is 6.32. The number of hydrogen-bond donors (Lipinski definition) is 3. The molecule has 0 saturated heterocycles. The Labute approximate surface area is 150 Å². The van der Waals surface area contributed by atoms with E-state index in [0.29, 0.717) is 9.50 Å². The first-order valence-electron chi connectivity index (χ1n) is 6.42. The van der Waals surface area contributed by atoms with Crippen molar-refractivity contribution in [3.63, 3.8) is 0 Å². The van der Waals surface area contributed by atoms with Gasteiger partial charge in [-0.2, -0.15) is 0 Å². The van der Waals surface area contributed by atoms with Gasteiger partial charge in [0.2, 0.25) is 5.91 Å². The number of rotatable bonds is 4. The third kappa shape index (κ3) is 5.46. The van der Waals surface area contributed by atoms with Crippen LogP contribution in [0.15, 0.2) is 51.8 Å². The standard InChI is InChI=1S/C15H12BrClN2O3S/c16-9-1-6-12(13(20)7-9)15(22)19-18-14(21)8-23-11-4-2-10(17)3-5-11/h1-7,20H,8H2,(H,18,21)(H,19,22). The minimum atomic E-state index is -0.597. The number of aromatic hydroxyl groups is 1. The molecule has 0 saturated carbocycles. The van der Waals surface area contributed by atoms with Crippen LogP contribution in [0.5, 0.6) is 5.75 Å². The molecule has 0 atom stereocenters. The second-order valence-corrected chi connectivity index (χ2v) is 6.81. The first-order chi connectivity index (χ1) is 11.0. The summed E-state index contributed by atoms with van der Waals surface area (Å²) in [6.45, 7) is 0. The molecular formula is C15H12BrClN2O3S. The third-order valence-corrected chi connectivity index (χ3v) is 4.46. The number of carbonyl (C=O) groups excluding carboxylic acids is 2. The van der Waals surface area contributed by atoms with Crippen molar-refractivity contribution in [3.8, 4) is 5.75 Å². The van der Waals surface area contributed by atoms with Gasteiger partial charge in [-0.3, -0.25) is 20.4 Å². The van der Waals surface area contributed by atoms with Gasteiger partial charge >= 0.3 is 0 Å². The minimum absolute atomic E-state index is 0.0684. The fraction of sp³-hybridized carbons (Fsp3) is 0.0667. The Balaban J connectivity index is 1.81. The van der Waals surface area contributed by atoms with Crippen molar-refractivity contribution in [2.45, 2.75) is 4.90 Å². The first kappa shape index (κ1) is 17.7. The third-order valence-electron chi connectivity index (χ3n) is 2.70. The van der Waals surface area contributed by atoms with Gasteiger partial charge in [-0.25, -0.2) is 0 Å². The molecule has 2 aromatic rings. The van der Waals surface area contributed by atoms with Crippen LogP contribution in [0.4, 0.5) is 0 Å². The zero-order valence-corrected chi connectivity index (χ0v) is 14.8. The van der Waals surface area contributed by atoms with Gasteiger partial charge in [0.1, 0.15) is 5.75 Å². The number of benzene rings is 2. The van der Waals surface area contributed by atoms with E-state index in [1.165, 1.54) is 23.9 Å². The maximum Gasteiger partial charge on any atom is 0.273 e. The highest BCUT2D eigenvalue weighted by Gasteiger charge is 2.12. The average Bonchev–Trinajstić information content (AvgIpc) is 2.52. The molecule has 8 heteroatoms. The van der Waals surface area contributed by atoms with Crippen LogP contribution in [0.3, 0.4) is 0 Å². The Morgan fingerprint density at radius 1 is 1.13 bits per heavy atom. The Hall–Kier alpha value is -1.70. The van der Waals surface area contributed by atoms with Crippen LogP contribution in [0.1, 0.15) is 10.4 Å².